The molecule has 0 unspecified atom stereocenters. The lowest BCUT2D eigenvalue weighted by Gasteiger charge is -2.10. The monoisotopic (exact) mass is 338 g/mol. The quantitative estimate of drug-likeness (QED) is 0.907. The number of rotatable bonds is 5. The molecule has 1 N–H and O–H groups in total. The van der Waals surface area contributed by atoms with E-state index >= 15 is 0 Å². The molecule has 2 aromatic rings. The van der Waals surface area contributed by atoms with Crippen LogP contribution >= 0.6 is 23.2 Å². The van der Waals surface area contributed by atoms with Crippen LogP contribution in [0.5, 0.6) is 5.75 Å². The average Bonchev–Trinajstić information content (AvgIpc) is 2.46. The molecule has 7 heteroatoms. The van der Waals surface area contributed by atoms with Crippen LogP contribution < -0.4 is 15.2 Å². The van der Waals surface area contributed by atoms with E-state index in [4.69, 9.17) is 27.9 Å². The number of hydrogen-bond donors (Lipinski definition) is 1. The molecule has 2 rings (SSSR count). The van der Waals surface area contributed by atoms with Gasteiger partial charge in [-0.3, -0.25) is 4.79 Å². The van der Waals surface area contributed by atoms with Crippen LogP contribution in [0, 0.1) is 0 Å². The van der Waals surface area contributed by atoms with Gasteiger partial charge in [0.15, 0.2) is 6.61 Å². The van der Waals surface area contributed by atoms with E-state index in [2.05, 4.69) is 5.32 Å². The van der Waals surface area contributed by atoms with Gasteiger partial charge in [0.05, 0.1) is 11.0 Å². The topological polar surface area (TPSA) is 78.5 Å². The first kappa shape index (κ1) is 16.1. The van der Waals surface area contributed by atoms with Crippen molar-refractivity contribution in [3.05, 3.63) is 58.1 Å². The van der Waals surface area contributed by atoms with E-state index in [1.54, 1.807) is 18.2 Å². The Labute approximate surface area is 136 Å². The van der Waals surface area contributed by atoms with Crippen molar-refractivity contribution >= 4 is 40.8 Å². The van der Waals surface area contributed by atoms with Gasteiger partial charge in [-0.05, 0) is 35.9 Å². The molecule has 0 saturated heterocycles. The Bertz CT molecular complexity index is 718. The number of carboxylic acid groups (broad SMARTS) is 1. The summed E-state index contributed by atoms with van der Waals surface area (Å²) in [6.07, 6.45) is 0. The molecule has 0 heterocycles. The summed E-state index contributed by atoms with van der Waals surface area (Å²) >= 11 is 11.7. The number of nitrogens with one attached hydrogen (secondary N) is 1. The van der Waals surface area contributed by atoms with Gasteiger partial charge in [0.25, 0.3) is 5.91 Å². The third-order valence-corrected chi connectivity index (χ3v) is 3.17. The van der Waals surface area contributed by atoms with E-state index in [9.17, 15) is 14.7 Å². The lowest BCUT2D eigenvalue weighted by molar-refractivity contribution is -0.255. The summed E-state index contributed by atoms with van der Waals surface area (Å²) in [6.45, 7) is -0.281. The minimum atomic E-state index is -1.32. The van der Waals surface area contributed by atoms with Crippen LogP contribution in [-0.2, 0) is 4.79 Å². The standard InChI is InChI=1S/C15H11Cl2NO4/c16-10-4-5-13(12(17)7-10)22-8-14(19)18-11-3-1-2-9(6-11)15(20)21/h1-7H,8H2,(H,18,19)(H,20,21)/p-1. The van der Waals surface area contributed by atoms with Gasteiger partial charge in [0.2, 0.25) is 0 Å². The summed E-state index contributed by atoms with van der Waals surface area (Å²) in [5.74, 6) is -1.45. The van der Waals surface area contributed by atoms with Crippen LogP contribution in [0.4, 0.5) is 5.69 Å². The minimum Gasteiger partial charge on any atom is -0.545 e. The van der Waals surface area contributed by atoms with Gasteiger partial charge < -0.3 is 20.0 Å². The number of carbonyl (C=O) groups excluding carboxylic acids is 2. The van der Waals surface area contributed by atoms with Gasteiger partial charge in [-0.15, -0.1) is 0 Å². The van der Waals surface area contributed by atoms with Crippen molar-refractivity contribution < 1.29 is 19.4 Å². The molecule has 0 aliphatic rings. The maximum atomic E-state index is 11.8. The highest BCUT2D eigenvalue weighted by molar-refractivity contribution is 6.35. The van der Waals surface area contributed by atoms with E-state index in [1.807, 2.05) is 0 Å². The molecule has 0 atom stereocenters. The molecule has 0 aromatic heterocycles. The molecule has 0 fully saturated rings. The molecule has 5 nitrogen and oxygen atoms in total. The maximum absolute atomic E-state index is 11.8. The number of benzene rings is 2. The third-order valence-electron chi connectivity index (χ3n) is 2.63. The molecule has 1 amide bonds. The Kier molecular flexibility index (Phi) is 5.25. The number of halogens is 2. The first-order chi connectivity index (χ1) is 10.5. The molecule has 0 saturated carbocycles. The molecule has 0 spiro atoms. The van der Waals surface area contributed by atoms with Gasteiger partial charge in [0.1, 0.15) is 5.75 Å². The second kappa shape index (κ2) is 7.15. The zero-order chi connectivity index (χ0) is 16.1. The summed E-state index contributed by atoms with van der Waals surface area (Å²) < 4.78 is 5.27. The molecule has 2 aromatic carbocycles. The zero-order valence-corrected chi connectivity index (χ0v) is 12.6. The molecule has 114 valence electrons. The zero-order valence-electron chi connectivity index (χ0n) is 11.1. The number of anilines is 1. The fraction of sp³-hybridized carbons (Fsp3) is 0.0667. The van der Waals surface area contributed by atoms with Crippen LogP contribution in [0.25, 0.3) is 0 Å². The van der Waals surface area contributed by atoms with Gasteiger partial charge >= 0.3 is 0 Å². The second-order valence-corrected chi connectivity index (χ2v) is 5.12. The molecule has 0 radical (unpaired) electrons. The molecule has 0 aliphatic carbocycles. The first-order valence-electron chi connectivity index (χ1n) is 6.15. The van der Waals surface area contributed by atoms with Crippen molar-refractivity contribution in [3.63, 3.8) is 0 Å². The SMILES string of the molecule is O=C(COc1ccc(Cl)cc1Cl)Nc1cccc(C(=O)[O-])c1. The van der Waals surface area contributed by atoms with Crippen LogP contribution in [-0.4, -0.2) is 18.5 Å². The molecular formula is C15H10Cl2NO4-. The fourth-order valence-corrected chi connectivity index (χ4v) is 2.12. The first-order valence-corrected chi connectivity index (χ1v) is 6.90. The van der Waals surface area contributed by atoms with Crippen molar-refractivity contribution in [2.24, 2.45) is 0 Å². The Morgan fingerprint density at radius 1 is 1.14 bits per heavy atom. The van der Waals surface area contributed by atoms with E-state index in [1.165, 1.54) is 24.3 Å². The summed E-state index contributed by atoms with van der Waals surface area (Å²) in [6, 6.07) is 10.4. The van der Waals surface area contributed by atoms with Crippen LogP contribution in [0.15, 0.2) is 42.5 Å². The van der Waals surface area contributed by atoms with E-state index in [0.717, 1.165) is 0 Å². The highest BCUT2D eigenvalue weighted by Gasteiger charge is 2.07. The Hall–Kier alpha value is -2.24. The van der Waals surface area contributed by atoms with Crippen LogP contribution in [0.2, 0.25) is 10.0 Å². The lowest BCUT2D eigenvalue weighted by Crippen LogP contribution is -2.23. The van der Waals surface area contributed by atoms with Crippen LogP contribution in [0.3, 0.4) is 0 Å². The van der Waals surface area contributed by atoms with E-state index < -0.39 is 11.9 Å². The van der Waals surface area contributed by atoms with Crippen molar-refractivity contribution in [1.29, 1.82) is 0 Å². The maximum Gasteiger partial charge on any atom is 0.262 e. The number of aromatic carboxylic acids is 1. The largest absolute Gasteiger partial charge is 0.545 e. The van der Waals surface area contributed by atoms with Gasteiger partial charge in [0, 0.05) is 10.7 Å². The number of carbonyl (C=O) groups is 2. The Balaban J connectivity index is 1.95. The molecule has 0 aliphatic heterocycles. The highest BCUT2D eigenvalue weighted by atomic mass is 35.5. The normalized spacial score (nSPS) is 10.1. The average molecular weight is 339 g/mol. The van der Waals surface area contributed by atoms with Crippen molar-refractivity contribution in [2.45, 2.75) is 0 Å². The summed E-state index contributed by atoms with van der Waals surface area (Å²) in [7, 11) is 0. The predicted octanol–water partition coefficient (Wildman–Crippen LogP) is 2.37. The number of hydrogen-bond acceptors (Lipinski definition) is 4. The van der Waals surface area contributed by atoms with Gasteiger partial charge in [-0.25, -0.2) is 0 Å². The van der Waals surface area contributed by atoms with E-state index in [-0.39, 0.29) is 12.2 Å². The Morgan fingerprint density at radius 3 is 2.59 bits per heavy atom. The highest BCUT2D eigenvalue weighted by Crippen LogP contribution is 2.27. The summed E-state index contributed by atoms with van der Waals surface area (Å²) in [5.41, 5.74) is 0.303. The minimum absolute atomic E-state index is 0.0283. The van der Waals surface area contributed by atoms with Crippen molar-refractivity contribution in [1.82, 2.24) is 0 Å². The molecule has 0 bridgehead atoms. The Morgan fingerprint density at radius 2 is 1.91 bits per heavy atom. The van der Waals surface area contributed by atoms with Gasteiger partial charge in [-0.1, -0.05) is 35.3 Å². The molecule has 22 heavy (non-hydrogen) atoms. The lowest BCUT2D eigenvalue weighted by atomic mass is 10.2. The third kappa shape index (κ3) is 4.38. The van der Waals surface area contributed by atoms with Crippen LogP contribution in [0.1, 0.15) is 10.4 Å². The van der Waals surface area contributed by atoms with Crippen molar-refractivity contribution in [3.8, 4) is 5.75 Å². The number of ether oxygens (including phenoxy) is 1. The summed E-state index contributed by atoms with van der Waals surface area (Å²) in [4.78, 5) is 22.5. The summed E-state index contributed by atoms with van der Waals surface area (Å²) in [5, 5.41) is 14.0. The van der Waals surface area contributed by atoms with Crippen molar-refractivity contribution in [2.75, 3.05) is 11.9 Å². The predicted molar refractivity (Wildman–Crippen MR) is 81.4 cm³/mol. The second-order valence-electron chi connectivity index (χ2n) is 4.28. The number of carboxylic acids is 1. The molecular weight excluding hydrogens is 329 g/mol. The van der Waals surface area contributed by atoms with E-state index in [0.29, 0.717) is 21.5 Å². The number of amides is 1. The van der Waals surface area contributed by atoms with Gasteiger partial charge in [-0.2, -0.15) is 0 Å². The smallest absolute Gasteiger partial charge is 0.262 e. The fourth-order valence-electron chi connectivity index (χ4n) is 1.66.